The second-order valence-corrected chi connectivity index (χ2v) is 7.47. The van der Waals surface area contributed by atoms with Crippen molar-refractivity contribution in [3.63, 3.8) is 0 Å². The fourth-order valence-corrected chi connectivity index (χ4v) is 3.49. The van der Waals surface area contributed by atoms with Crippen molar-refractivity contribution in [2.75, 3.05) is 17.6 Å². The van der Waals surface area contributed by atoms with Gasteiger partial charge in [-0.2, -0.15) is 0 Å². The number of benzene rings is 2. The van der Waals surface area contributed by atoms with E-state index in [9.17, 15) is 13.2 Å². The van der Waals surface area contributed by atoms with Gasteiger partial charge in [-0.3, -0.25) is 9.52 Å². The highest BCUT2D eigenvalue weighted by molar-refractivity contribution is 7.92. The number of nitrogens with two attached hydrogens (primary N) is 1. The Hall–Kier alpha value is -2.74. The minimum absolute atomic E-state index is 0.0364. The van der Waals surface area contributed by atoms with E-state index in [4.69, 9.17) is 15.2 Å². The number of sulfonamides is 1. The van der Waals surface area contributed by atoms with Crippen LogP contribution >= 0.6 is 0 Å². The molecule has 1 amide bonds. The van der Waals surface area contributed by atoms with E-state index >= 15 is 0 Å². The zero-order valence-corrected chi connectivity index (χ0v) is 15.5. The van der Waals surface area contributed by atoms with Crippen LogP contribution in [0.15, 0.2) is 42.5 Å². The minimum Gasteiger partial charge on any atom is -0.497 e. The molecule has 7 nitrogen and oxygen atoms in total. The van der Waals surface area contributed by atoms with Gasteiger partial charge in [-0.15, -0.1) is 0 Å². The Morgan fingerprint density at radius 3 is 2.27 bits per heavy atom. The molecule has 2 rings (SSSR count). The zero-order chi connectivity index (χ0) is 19.2. The van der Waals surface area contributed by atoms with Gasteiger partial charge >= 0.3 is 0 Å². The maximum Gasteiger partial charge on any atom is 0.250 e. The molecule has 2 aromatic rings. The molecule has 0 aliphatic heterocycles. The van der Waals surface area contributed by atoms with Crippen molar-refractivity contribution in [2.45, 2.75) is 19.8 Å². The van der Waals surface area contributed by atoms with Crippen molar-refractivity contribution in [1.29, 1.82) is 0 Å². The van der Waals surface area contributed by atoms with Crippen LogP contribution in [0.1, 0.15) is 30.1 Å². The number of ether oxygens (including phenoxy) is 2. The minimum atomic E-state index is -3.58. The maximum atomic E-state index is 12.2. The Labute approximate surface area is 153 Å². The van der Waals surface area contributed by atoms with Gasteiger partial charge in [-0.05, 0) is 42.8 Å². The average molecular weight is 378 g/mol. The van der Waals surface area contributed by atoms with Crippen LogP contribution in [-0.2, 0) is 10.0 Å². The highest BCUT2D eigenvalue weighted by Crippen LogP contribution is 2.28. The molecule has 0 atom stereocenters. The number of hydrogen-bond donors (Lipinski definition) is 2. The Kier molecular flexibility index (Phi) is 6.46. The Morgan fingerprint density at radius 1 is 1.08 bits per heavy atom. The number of rotatable bonds is 9. The van der Waals surface area contributed by atoms with Gasteiger partial charge in [0.15, 0.2) is 0 Å². The summed E-state index contributed by atoms with van der Waals surface area (Å²) in [5.74, 6) is 0.830. The van der Waals surface area contributed by atoms with Crippen LogP contribution in [0.25, 0.3) is 0 Å². The van der Waals surface area contributed by atoms with Gasteiger partial charge in [0.2, 0.25) is 10.0 Å². The molecule has 0 unspecified atom stereocenters. The van der Waals surface area contributed by atoms with E-state index in [0.717, 1.165) is 6.42 Å². The van der Waals surface area contributed by atoms with Gasteiger partial charge in [0, 0.05) is 6.07 Å². The van der Waals surface area contributed by atoms with Crippen LogP contribution in [0.2, 0.25) is 0 Å². The molecule has 0 radical (unpaired) electrons. The predicted molar refractivity (Wildman–Crippen MR) is 100 cm³/mol. The van der Waals surface area contributed by atoms with E-state index in [1.807, 2.05) is 6.92 Å². The van der Waals surface area contributed by atoms with Crippen molar-refractivity contribution >= 4 is 21.6 Å². The Balaban J connectivity index is 2.27. The quantitative estimate of drug-likeness (QED) is 0.697. The lowest BCUT2D eigenvalue weighted by atomic mass is 10.1. The predicted octanol–water partition coefficient (Wildman–Crippen LogP) is 3.13. The number of amides is 1. The maximum absolute atomic E-state index is 12.2. The van der Waals surface area contributed by atoms with E-state index in [0.29, 0.717) is 23.7 Å². The van der Waals surface area contributed by atoms with Gasteiger partial charge in [0.25, 0.3) is 5.91 Å². The van der Waals surface area contributed by atoms with Crippen LogP contribution in [0.3, 0.4) is 0 Å². The highest BCUT2D eigenvalue weighted by atomic mass is 32.2. The summed E-state index contributed by atoms with van der Waals surface area (Å²) in [6.07, 6.45) is 1.26. The van der Waals surface area contributed by atoms with Crippen LogP contribution < -0.4 is 19.9 Å². The van der Waals surface area contributed by atoms with Crippen LogP contribution in [0.4, 0.5) is 5.69 Å². The third-order valence-electron chi connectivity index (χ3n) is 3.58. The number of carbonyl (C=O) groups excluding carboxylic acids is 1. The average Bonchev–Trinajstić information content (AvgIpc) is 2.60. The second-order valence-electron chi connectivity index (χ2n) is 5.62. The van der Waals surface area contributed by atoms with Crippen molar-refractivity contribution < 1.29 is 22.7 Å². The lowest BCUT2D eigenvalue weighted by Gasteiger charge is -2.13. The molecule has 2 aromatic carbocycles. The zero-order valence-electron chi connectivity index (χ0n) is 14.7. The van der Waals surface area contributed by atoms with E-state index in [1.165, 1.54) is 12.1 Å². The fraction of sp³-hybridized carbons (Fsp3) is 0.278. The molecule has 0 saturated heterocycles. The van der Waals surface area contributed by atoms with E-state index in [1.54, 1.807) is 37.4 Å². The van der Waals surface area contributed by atoms with E-state index in [2.05, 4.69) is 4.72 Å². The van der Waals surface area contributed by atoms with E-state index < -0.39 is 15.9 Å². The third-order valence-corrected chi connectivity index (χ3v) is 4.94. The number of primary amides is 1. The van der Waals surface area contributed by atoms with Gasteiger partial charge < -0.3 is 15.2 Å². The lowest BCUT2D eigenvalue weighted by molar-refractivity contribution is 0.100. The Morgan fingerprint density at radius 2 is 1.69 bits per heavy atom. The molecule has 3 N–H and O–H groups in total. The summed E-state index contributed by atoms with van der Waals surface area (Å²) in [5, 5.41) is 0. The second kappa shape index (κ2) is 8.57. The first-order chi connectivity index (χ1) is 12.3. The Bertz CT molecular complexity index is 864. The molecule has 0 heterocycles. The van der Waals surface area contributed by atoms with Gasteiger partial charge in [-0.1, -0.05) is 13.3 Å². The summed E-state index contributed by atoms with van der Waals surface area (Å²) in [4.78, 5) is 11.6. The summed E-state index contributed by atoms with van der Waals surface area (Å²) in [7, 11) is -2.02. The molecule has 8 heteroatoms. The molecular formula is C18H22N2O5S. The van der Waals surface area contributed by atoms with E-state index in [-0.39, 0.29) is 17.0 Å². The first-order valence-electron chi connectivity index (χ1n) is 8.11. The largest absolute Gasteiger partial charge is 0.497 e. The summed E-state index contributed by atoms with van der Waals surface area (Å²) in [6.45, 7) is 1.90. The molecule has 0 aliphatic carbocycles. The van der Waals surface area contributed by atoms with Crippen molar-refractivity contribution in [2.24, 2.45) is 5.73 Å². The number of unbranched alkanes of at least 4 members (excludes halogenated alkanes) is 1. The highest BCUT2D eigenvalue weighted by Gasteiger charge is 2.16. The molecule has 0 bridgehead atoms. The van der Waals surface area contributed by atoms with Gasteiger partial charge in [-0.25, -0.2) is 8.42 Å². The number of carbonyl (C=O) groups is 1. The summed E-state index contributed by atoms with van der Waals surface area (Å²) >= 11 is 0. The van der Waals surface area contributed by atoms with Gasteiger partial charge in [0.05, 0.1) is 24.1 Å². The van der Waals surface area contributed by atoms with Crippen LogP contribution in [0, 0.1) is 0 Å². The van der Waals surface area contributed by atoms with Crippen molar-refractivity contribution in [3.05, 3.63) is 48.0 Å². The lowest BCUT2D eigenvalue weighted by Crippen LogP contribution is -2.20. The van der Waals surface area contributed by atoms with Gasteiger partial charge in [0.1, 0.15) is 17.2 Å². The first-order valence-corrected chi connectivity index (χ1v) is 9.76. The normalized spacial score (nSPS) is 11.0. The third kappa shape index (κ3) is 5.38. The van der Waals surface area contributed by atoms with Crippen LogP contribution in [-0.4, -0.2) is 27.2 Å². The number of methoxy groups -OCH3 is 1. The van der Waals surface area contributed by atoms with Crippen molar-refractivity contribution in [1.82, 2.24) is 0 Å². The molecule has 0 aliphatic rings. The molecule has 0 spiro atoms. The molecular weight excluding hydrogens is 356 g/mol. The smallest absolute Gasteiger partial charge is 0.250 e. The fourth-order valence-electron chi connectivity index (χ4n) is 2.22. The van der Waals surface area contributed by atoms with Crippen LogP contribution in [0.5, 0.6) is 17.2 Å². The monoisotopic (exact) mass is 378 g/mol. The SMILES string of the molecule is CCCCS(=O)(=O)Nc1cc(Oc2ccc(OC)cc2)ccc1C(N)=O. The summed E-state index contributed by atoms with van der Waals surface area (Å²) < 4.78 is 37.5. The molecule has 0 fully saturated rings. The number of nitrogens with one attached hydrogen (secondary N) is 1. The topological polar surface area (TPSA) is 108 Å². The molecule has 140 valence electrons. The summed E-state index contributed by atoms with van der Waals surface area (Å²) in [6, 6.07) is 11.3. The summed E-state index contributed by atoms with van der Waals surface area (Å²) in [5.41, 5.74) is 5.51. The first kappa shape index (κ1) is 19.6. The molecule has 26 heavy (non-hydrogen) atoms. The molecule has 0 aromatic heterocycles. The molecule has 0 saturated carbocycles. The standard InChI is InChI=1S/C18H22N2O5S/c1-3-4-11-26(22,23)20-17-12-15(9-10-16(17)18(19)21)25-14-7-5-13(24-2)6-8-14/h5-10,12,20H,3-4,11H2,1-2H3,(H2,19,21). The number of hydrogen-bond acceptors (Lipinski definition) is 5. The number of anilines is 1. The van der Waals surface area contributed by atoms with Crippen molar-refractivity contribution in [3.8, 4) is 17.2 Å².